The average molecular weight is 405 g/mol. The zero-order chi connectivity index (χ0) is 20.9. The number of amides is 1. The molecule has 30 heavy (non-hydrogen) atoms. The molecule has 0 radical (unpaired) electrons. The maximum atomic E-state index is 12.7. The number of anilines is 1. The average Bonchev–Trinajstić information content (AvgIpc) is 2.80. The number of carbonyl (C=O) groups is 1. The van der Waals surface area contributed by atoms with Gasteiger partial charge in [-0.05, 0) is 30.7 Å². The molecule has 1 aromatic heterocycles. The van der Waals surface area contributed by atoms with Gasteiger partial charge in [0.25, 0.3) is 11.5 Å². The lowest BCUT2D eigenvalue weighted by Crippen LogP contribution is -2.36. The number of benzene rings is 2. The minimum atomic E-state index is -0.463. The van der Waals surface area contributed by atoms with Gasteiger partial charge in [0.15, 0.2) is 5.69 Å². The Kier molecular flexibility index (Phi) is 5.85. The minimum Gasteiger partial charge on any atom is -0.378 e. The van der Waals surface area contributed by atoms with Gasteiger partial charge in [-0.3, -0.25) is 9.59 Å². The molecular formula is C22H23N5O3. The van der Waals surface area contributed by atoms with Gasteiger partial charge < -0.3 is 9.64 Å². The standard InChI is InChI=1S/C22H23N5O3/c1-2-27-22(29)19-6-4-3-5-18(19)20(25-27)21(28)24-23-15-16-7-9-17(10-8-16)26-11-13-30-14-12-26/h3-10,15H,2,11-14H2,1H3,(H,24,28)/b23-15-. The molecule has 0 saturated carbocycles. The molecule has 0 atom stereocenters. The first-order valence-electron chi connectivity index (χ1n) is 9.93. The third-order valence-electron chi connectivity index (χ3n) is 5.03. The fraction of sp³-hybridized carbons (Fsp3) is 0.273. The molecule has 0 unspecified atom stereocenters. The zero-order valence-electron chi connectivity index (χ0n) is 16.7. The quantitative estimate of drug-likeness (QED) is 0.518. The van der Waals surface area contributed by atoms with Crippen LogP contribution in [0.25, 0.3) is 10.8 Å². The highest BCUT2D eigenvalue weighted by atomic mass is 16.5. The van der Waals surface area contributed by atoms with E-state index in [1.165, 1.54) is 4.68 Å². The third kappa shape index (κ3) is 4.08. The minimum absolute atomic E-state index is 0.173. The van der Waals surface area contributed by atoms with Crippen LogP contribution in [0.2, 0.25) is 0 Å². The van der Waals surface area contributed by atoms with Crippen molar-refractivity contribution < 1.29 is 9.53 Å². The lowest BCUT2D eigenvalue weighted by molar-refractivity contribution is 0.0949. The Morgan fingerprint density at radius 2 is 1.83 bits per heavy atom. The Hall–Kier alpha value is -3.52. The van der Waals surface area contributed by atoms with Gasteiger partial charge in [0.1, 0.15) is 0 Å². The molecule has 8 heteroatoms. The molecule has 1 saturated heterocycles. The number of aryl methyl sites for hydroxylation is 1. The Balaban J connectivity index is 1.49. The molecule has 1 aliphatic heterocycles. The molecule has 2 aromatic carbocycles. The van der Waals surface area contributed by atoms with Crippen LogP contribution in [0.5, 0.6) is 0 Å². The summed E-state index contributed by atoms with van der Waals surface area (Å²) < 4.78 is 6.66. The molecule has 1 fully saturated rings. The van der Waals surface area contributed by atoms with Crippen LogP contribution < -0.4 is 15.9 Å². The molecule has 1 N–H and O–H groups in total. The number of carbonyl (C=O) groups excluding carboxylic acids is 1. The van der Waals surface area contributed by atoms with Crippen molar-refractivity contribution in [1.82, 2.24) is 15.2 Å². The van der Waals surface area contributed by atoms with E-state index in [0.29, 0.717) is 17.3 Å². The summed E-state index contributed by atoms with van der Waals surface area (Å²) in [7, 11) is 0. The first-order chi connectivity index (χ1) is 14.7. The van der Waals surface area contributed by atoms with Crippen LogP contribution in [0.3, 0.4) is 0 Å². The maximum Gasteiger partial charge on any atom is 0.292 e. The van der Waals surface area contributed by atoms with Gasteiger partial charge in [-0.15, -0.1) is 0 Å². The number of nitrogens with one attached hydrogen (secondary N) is 1. The maximum absolute atomic E-state index is 12.7. The van der Waals surface area contributed by atoms with Gasteiger partial charge >= 0.3 is 0 Å². The van der Waals surface area contributed by atoms with E-state index in [4.69, 9.17) is 4.74 Å². The fourth-order valence-corrected chi connectivity index (χ4v) is 3.43. The molecule has 8 nitrogen and oxygen atoms in total. The first kappa shape index (κ1) is 19.8. The van der Waals surface area contributed by atoms with Gasteiger partial charge in [-0.2, -0.15) is 10.2 Å². The summed E-state index contributed by atoms with van der Waals surface area (Å²) >= 11 is 0. The number of hydrazone groups is 1. The van der Waals surface area contributed by atoms with Gasteiger partial charge in [0.05, 0.1) is 24.8 Å². The van der Waals surface area contributed by atoms with E-state index < -0.39 is 5.91 Å². The van der Waals surface area contributed by atoms with Gasteiger partial charge in [-0.25, -0.2) is 10.1 Å². The summed E-state index contributed by atoms with van der Waals surface area (Å²) in [5.41, 5.74) is 4.47. The van der Waals surface area contributed by atoms with Crippen molar-refractivity contribution in [2.75, 3.05) is 31.2 Å². The van der Waals surface area contributed by atoms with E-state index in [1.54, 1.807) is 30.5 Å². The predicted octanol–water partition coefficient (Wildman–Crippen LogP) is 2.02. The first-order valence-corrected chi connectivity index (χ1v) is 9.93. The highest BCUT2D eigenvalue weighted by molar-refractivity contribution is 6.04. The zero-order valence-corrected chi connectivity index (χ0v) is 16.7. The van der Waals surface area contributed by atoms with Crippen LogP contribution in [-0.4, -0.2) is 48.2 Å². The van der Waals surface area contributed by atoms with Gasteiger partial charge in [0, 0.05) is 30.7 Å². The highest BCUT2D eigenvalue weighted by Crippen LogP contribution is 2.16. The largest absolute Gasteiger partial charge is 0.378 e. The van der Waals surface area contributed by atoms with Crippen molar-refractivity contribution in [3.63, 3.8) is 0 Å². The lowest BCUT2D eigenvalue weighted by Gasteiger charge is -2.28. The van der Waals surface area contributed by atoms with E-state index in [0.717, 1.165) is 37.6 Å². The number of morpholine rings is 1. The van der Waals surface area contributed by atoms with Gasteiger partial charge in [0.2, 0.25) is 0 Å². The Morgan fingerprint density at radius 3 is 2.53 bits per heavy atom. The van der Waals surface area contributed by atoms with Crippen LogP contribution in [0.15, 0.2) is 58.4 Å². The fourth-order valence-electron chi connectivity index (χ4n) is 3.43. The van der Waals surface area contributed by atoms with Crippen LogP contribution in [0.1, 0.15) is 23.0 Å². The summed E-state index contributed by atoms with van der Waals surface area (Å²) in [4.78, 5) is 27.3. The summed E-state index contributed by atoms with van der Waals surface area (Å²) in [6.45, 7) is 5.42. The monoisotopic (exact) mass is 405 g/mol. The molecule has 154 valence electrons. The number of rotatable bonds is 5. The van der Waals surface area contributed by atoms with E-state index in [2.05, 4.69) is 20.5 Å². The lowest BCUT2D eigenvalue weighted by atomic mass is 10.1. The number of nitrogens with zero attached hydrogens (tertiary/aromatic N) is 4. The topological polar surface area (TPSA) is 88.8 Å². The molecule has 1 amide bonds. The van der Waals surface area contributed by atoms with E-state index in [-0.39, 0.29) is 11.3 Å². The number of fused-ring (bicyclic) bond motifs is 1. The molecule has 4 rings (SSSR count). The van der Waals surface area contributed by atoms with Crippen molar-refractivity contribution in [2.45, 2.75) is 13.5 Å². The molecule has 0 spiro atoms. The third-order valence-corrected chi connectivity index (χ3v) is 5.03. The molecule has 3 aromatic rings. The SMILES string of the molecule is CCn1nc(C(=O)N/N=C\c2ccc(N3CCOCC3)cc2)c2ccccc2c1=O. The second-order valence-corrected chi connectivity index (χ2v) is 6.91. The van der Waals surface area contributed by atoms with Crippen LogP contribution in [-0.2, 0) is 11.3 Å². The predicted molar refractivity (Wildman–Crippen MR) is 116 cm³/mol. The Labute approximate surface area is 173 Å². The molecule has 0 aliphatic carbocycles. The van der Waals surface area contributed by atoms with Crippen molar-refractivity contribution in [2.24, 2.45) is 5.10 Å². The number of ether oxygens (including phenoxy) is 1. The number of hydrogen-bond donors (Lipinski definition) is 1. The van der Waals surface area contributed by atoms with E-state index in [9.17, 15) is 9.59 Å². The normalized spacial score (nSPS) is 14.4. The summed E-state index contributed by atoms with van der Waals surface area (Å²) in [5.74, 6) is -0.463. The van der Waals surface area contributed by atoms with Crippen LogP contribution >= 0.6 is 0 Å². The van der Waals surface area contributed by atoms with Crippen molar-refractivity contribution in [3.8, 4) is 0 Å². The summed E-state index contributed by atoms with van der Waals surface area (Å²) in [6.07, 6.45) is 1.58. The second-order valence-electron chi connectivity index (χ2n) is 6.91. The molecule has 1 aliphatic rings. The second kappa shape index (κ2) is 8.87. The smallest absolute Gasteiger partial charge is 0.292 e. The van der Waals surface area contributed by atoms with Crippen LogP contribution in [0, 0.1) is 0 Å². The van der Waals surface area contributed by atoms with Crippen molar-refractivity contribution in [3.05, 3.63) is 70.1 Å². The highest BCUT2D eigenvalue weighted by Gasteiger charge is 2.15. The Morgan fingerprint density at radius 1 is 1.13 bits per heavy atom. The van der Waals surface area contributed by atoms with E-state index >= 15 is 0 Å². The molecule has 2 heterocycles. The number of hydrogen-bond acceptors (Lipinski definition) is 6. The van der Waals surface area contributed by atoms with Gasteiger partial charge in [-0.1, -0.05) is 30.3 Å². The van der Waals surface area contributed by atoms with Crippen LogP contribution in [0.4, 0.5) is 5.69 Å². The summed E-state index contributed by atoms with van der Waals surface area (Å²) in [6, 6.07) is 14.9. The van der Waals surface area contributed by atoms with Crippen molar-refractivity contribution in [1.29, 1.82) is 0 Å². The Bertz CT molecular complexity index is 1130. The molecular weight excluding hydrogens is 382 g/mol. The van der Waals surface area contributed by atoms with Crippen molar-refractivity contribution >= 4 is 28.6 Å². The van der Waals surface area contributed by atoms with E-state index in [1.807, 2.05) is 31.2 Å². The number of aromatic nitrogens is 2. The summed E-state index contributed by atoms with van der Waals surface area (Å²) in [5, 5.41) is 9.24. The molecule has 0 bridgehead atoms.